The number of rotatable bonds is 6. The van der Waals surface area contributed by atoms with E-state index in [4.69, 9.17) is 18.6 Å². The van der Waals surface area contributed by atoms with E-state index >= 15 is 0 Å². The Morgan fingerprint density at radius 3 is 2.38 bits per heavy atom. The van der Waals surface area contributed by atoms with Crippen molar-refractivity contribution in [3.63, 3.8) is 0 Å². The van der Waals surface area contributed by atoms with E-state index in [-0.39, 0.29) is 28.4 Å². The third kappa shape index (κ3) is 4.21. The number of esters is 1. The molecule has 4 rings (SSSR count). The molecule has 1 heterocycles. The van der Waals surface area contributed by atoms with Gasteiger partial charge in [-0.15, -0.1) is 0 Å². The van der Waals surface area contributed by atoms with Gasteiger partial charge in [0.15, 0.2) is 0 Å². The first-order valence-electron chi connectivity index (χ1n) is 10.2. The van der Waals surface area contributed by atoms with E-state index in [9.17, 15) is 9.59 Å². The van der Waals surface area contributed by atoms with E-state index in [1.165, 1.54) is 19.4 Å². The number of carbonyl (C=O) groups is 1. The second-order valence-corrected chi connectivity index (χ2v) is 7.47. The highest BCUT2D eigenvalue weighted by atomic mass is 16.5. The predicted octanol–water partition coefficient (Wildman–Crippen LogP) is 5.94. The maximum absolute atomic E-state index is 12.9. The number of benzene rings is 3. The average Bonchev–Trinajstić information content (AvgIpc) is 2.81. The Labute approximate surface area is 185 Å². The second kappa shape index (κ2) is 8.98. The molecule has 6 nitrogen and oxygen atoms in total. The zero-order valence-corrected chi connectivity index (χ0v) is 18.0. The zero-order valence-electron chi connectivity index (χ0n) is 18.0. The zero-order chi connectivity index (χ0) is 22.7. The lowest BCUT2D eigenvalue weighted by molar-refractivity contribution is 0.0731. The minimum atomic E-state index is -0.575. The van der Waals surface area contributed by atoms with Crippen molar-refractivity contribution >= 4 is 16.9 Å². The van der Waals surface area contributed by atoms with Crippen LogP contribution in [0.4, 0.5) is 0 Å². The maximum Gasteiger partial charge on any atom is 0.347 e. The van der Waals surface area contributed by atoms with Gasteiger partial charge in [-0.3, -0.25) is 4.79 Å². The molecule has 0 amide bonds. The summed E-state index contributed by atoms with van der Waals surface area (Å²) >= 11 is 0. The topological polar surface area (TPSA) is 75.0 Å². The van der Waals surface area contributed by atoms with Crippen molar-refractivity contribution in [2.75, 3.05) is 7.11 Å². The van der Waals surface area contributed by atoms with Crippen molar-refractivity contribution in [3.8, 4) is 23.0 Å². The summed E-state index contributed by atoms with van der Waals surface area (Å²) in [5.41, 5.74) is 1.26. The van der Waals surface area contributed by atoms with E-state index < -0.39 is 5.97 Å². The summed E-state index contributed by atoms with van der Waals surface area (Å²) in [6, 6.07) is 18.9. The molecule has 0 radical (unpaired) electrons. The Kier molecular flexibility index (Phi) is 5.94. The Hall–Kier alpha value is -4.06. The van der Waals surface area contributed by atoms with Gasteiger partial charge in [0.25, 0.3) is 0 Å². The Bertz CT molecular complexity index is 1340. The average molecular weight is 430 g/mol. The van der Waals surface area contributed by atoms with Crippen LogP contribution in [-0.2, 0) is 0 Å². The van der Waals surface area contributed by atoms with E-state index in [1.807, 2.05) is 24.3 Å². The SMILES string of the molecule is COc1ccccc1C(=O)Oc1ccc2c(=O)c(Oc3ccccc3C(C)C)coc2c1. The molecule has 3 aromatic carbocycles. The molecule has 0 aliphatic carbocycles. The maximum atomic E-state index is 12.9. The number of fused-ring (bicyclic) bond motifs is 1. The van der Waals surface area contributed by atoms with Crippen LogP contribution in [0.25, 0.3) is 11.0 Å². The number of methoxy groups -OCH3 is 1. The number of hydrogen-bond acceptors (Lipinski definition) is 6. The van der Waals surface area contributed by atoms with E-state index in [1.54, 1.807) is 36.4 Å². The van der Waals surface area contributed by atoms with Crippen LogP contribution < -0.4 is 19.6 Å². The fourth-order valence-electron chi connectivity index (χ4n) is 3.37. The second-order valence-electron chi connectivity index (χ2n) is 7.47. The summed E-state index contributed by atoms with van der Waals surface area (Å²) in [5.74, 6) is 1.01. The highest BCUT2D eigenvalue weighted by molar-refractivity contribution is 5.94. The first-order valence-corrected chi connectivity index (χ1v) is 10.2. The molecule has 1 aromatic heterocycles. The van der Waals surface area contributed by atoms with Gasteiger partial charge in [-0.1, -0.05) is 44.2 Å². The summed E-state index contributed by atoms with van der Waals surface area (Å²) in [7, 11) is 1.48. The van der Waals surface area contributed by atoms with Crippen LogP contribution in [0.2, 0.25) is 0 Å². The summed E-state index contributed by atoms with van der Waals surface area (Å²) < 4.78 is 22.2. The lowest BCUT2D eigenvalue weighted by Gasteiger charge is -2.13. The molecule has 0 atom stereocenters. The predicted molar refractivity (Wildman–Crippen MR) is 121 cm³/mol. The fraction of sp³-hybridized carbons (Fsp3) is 0.154. The van der Waals surface area contributed by atoms with Crippen LogP contribution in [0, 0.1) is 0 Å². The van der Waals surface area contributed by atoms with Crippen molar-refractivity contribution in [3.05, 3.63) is 94.3 Å². The van der Waals surface area contributed by atoms with Gasteiger partial charge >= 0.3 is 5.97 Å². The number of ether oxygens (including phenoxy) is 3. The first kappa shape index (κ1) is 21.2. The van der Waals surface area contributed by atoms with Crippen LogP contribution in [0.5, 0.6) is 23.0 Å². The van der Waals surface area contributed by atoms with Gasteiger partial charge < -0.3 is 18.6 Å². The van der Waals surface area contributed by atoms with Crippen molar-refractivity contribution in [2.45, 2.75) is 19.8 Å². The van der Waals surface area contributed by atoms with Crippen molar-refractivity contribution in [1.29, 1.82) is 0 Å². The van der Waals surface area contributed by atoms with Gasteiger partial charge in [-0.25, -0.2) is 4.79 Å². The molecule has 0 aliphatic heterocycles. The summed E-state index contributed by atoms with van der Waals surface area (Å²) in [4.78, 5) is 25.5. The summed E-state index contributed by atoms with van der Waals surface area (Å²) in [6.45, 7) is 4.11. The fourth-order valence-corrected chi connectivity index (χ4v) is 3.37. The minimum Gasteiger partial charge on any atom is -0.496 e. The number of hydrogen-bond donors (Lipinski definition) is 0. The molecule has 0 spiro atoms. The molecule has 0 saturated carbocycles. The standard InChI is InChI=1S/C26H22O6/c1-16(2)18-8-4-7-11-22(18)32-24-15-30-23-14-17(12-13-19(23)25(24)27)31-26(28)20-9-5-6-10-21(20)29-3/h4-16H,1-3H3. The molecule has 4 aromatic rings. The molecular weight excluding hydrogens is 408 g/mol. The van der Waals surface area contributed by atoms with Gasteiger partial charge in [0.05, 0.1) is 12.5 Å². The quantitative estimate of drug-likeness (QED) is 0.278. The van der Waals surface area contributed by atoms with Crippen LogP contribution in [0.3, 0.4) is 0 Å². The Morgan fingerprint density at radius 1 is 0.906 bits per heavy atom. The third-order valence-electron chi connectivity index (χ3n) is 5.01. The smallest absolute Gasteiger partial charge is 0.347 e. The molecule has 0 aliphatic rings. The van der Waals surface area contributed by atoms with Gasteiger partial charge in [0.1, 0.15) is 34.7 Å². The molecule has 162 valence electrons. The molecule has 0 unspecified atom stereocenters. The van der Waals surface area contributed by atoms with E-state index in [0.29, 0.717) is 22.4 Å². The highest BCUT2D eigenvalue weighted by Gasteiger charge is 2.16. The van der Waals surface area contributed by atoms with Crippen LogP contribution in [0.1, 0.15) is 35.7 Å². The van der Waals surface area contributed by atoms with Gasteiger partial charge in [-0.2, -0.15) is 0 Å². The lowest BCUT2D eigenvalue weighted by Crippen LogP contribution is -2.10. The van der Waals surface area contributed by atoms with Crippen LogP contribution in [-0.4, -0.2) is 13.1 Å². The largest absolute Gasteiger partial charge is 0.496 e. The van der Waals surface area contributed by atoms with Crippen molar-refractivity contribution in [1.82, 2.24) is 0 Å². The minimum absolute atomic E-state index is 0.0874. The van der Waals surface area contributed by atoms with Gasteiger partial charge in [-0.05, 0) is 41.8 Å². The van der Waals surface area contributed by atoms with Crippen LogP contribution in [0.15, 0.2) is 82.2 Å². The van der Waals surface area contributed by atoms with E-state index in [2.05, 4.69) is 13.8 Å². The van der Waals surface area contributed by atoms with Gasteiger partial charge in [0.2, 0.25) is 11.2 Å². The number of para-hydroxylation sites is 2. The third-order valence-corrected chi connectivity index (χ3v) is 5.01. The molecule has 0 bridgehead atoms. The lowest BCUT2D eigenvalue weighted by atomic mass is 10.0. The van der Waals surface area contributed by atoms with Gasteiger partial charge in [0, 0.05) is 6.07 Å². The molecular formula is C26H22O6. The Morgan fingerprint density at radius 2 is 1.62 bits per heavy atom. The summed E-state index contributed by atoms with van der Waals surface area (Å²) in [5, 5.41) is 0.321. The monoisotopic (exact) mass is 430 g/mol. The highest BCUT2D eigenvalue weighted by Crippen LogP contribution is 2.30. The van der Waals surface area contributed by atoms with E-state index in [0.717, 1.165) is 5.56 Å². The first-order chi connectivity index (χ1) is 15.5. The molecule has 0 fully saturated rings. The van der Waals surface area contributed by atoms with Crippen molar-refractivity contribution in [2.24, 2.45) is 0 Å². The Balaban J connectivity index is 1.62. The summed E-state index contributed by atoms with van der Waals surface area (Å²) in [6.07, 6.45) is 1.27. The molecule has 0 saturated heterocycles. The normalized spacial score (nSPS) is 10.9. The molecule has 0 N–H and O–H groups in total. The molecule has 6 heteroatoms. The van der Waals surface area contributed by atoms with Crippen molar-refractivity contribution < 1.29 is 23.4 Å². The molecule has 32 heavy (non-hydrogen) atoms. The van der Waals surface area contributed by atoms with Crippen LogP contribution >= 0.6 is 0 Å². The number of carbonyl (C=O) groups excluding carboxylic acids is 1.